The van der Waals surface area contributed by atoms with Crippen molar-refractivity contribution in [2.75, 3.05) is 40.0 Å². The van der Waals surface area contributed by atoms with E-state index in [1.807, 2.05) is 14.0 Å². The molecule has 1 aliphatic carbocycles. The van der Waals surface area contributed by atoms with Crippen LogP contribution in [-0.4, -0.2) is 52.1 Å². The highest BCUT2D eigenvalue weighted by atomic mass is 127. The minimum Gasteiger partial charge on any atom is -0.491 e. The third-order valence-corrected chi connectivity index (χ3v) is 5.91. The normalized spacial score (nSPS) is 19.8. The van der Waals surface area contributed by atoms with Crippen LogP contribution in [0.4, 0.5) is 0 Å². The molecule has 30 heavy (non-hydrogen) atoms. The van der Waals surface area contributed by atoms with Gasteiger partial charge in [0.2, 0.25) is 0 Å². The summed E-state index contributed by atoms with van der Waals surface area (Å²) in [5.41, 5.74) is 2.71. The van der Waals surface area contributed by atoms with Crippen LogP contribution in [0.2, 0.25) is 0 Å². The number of guanidine groups is 1. The zero-order chi connectivity index (χ0) is 20.5. The third kappa shape index (κ3) is 7.89. The smallest absolute Gasteiger partial charge is 0.191 e. The van der Waals surface area contributed by atoms with Crippen LogP contribution in [0.25, 0.3) is 0 Å². The van der Waals surface area contributed by atoms with Gasteiger partial charge in [0, 0.05) is 45.5 Å². The maximum Gasteiger partial charge on any atom is 0.191 e. The highest BCUT2D eigenvalue weighted by Crippen LogP contribution is 2.48. The molecule has 7 heteroatoms. The Kier molecular flexibility index (Phi) is 10.7. The summed E-state index contributed by atoms with van der Waals surface area (Å²) in [6, 6.07) is 6.36. The first kappa shape index (κ1) is 25.2. The largest absolute Gasteiger partial charge is 0.491 e. The molecule has 0 aromatic heterocycles. The molecule has 1 atom stereocenters. The van der Waals surface area contributed by atoms with E-state index in [9.17, 15) is 0 Å². The highest BCUT2D eigenvalue weighted by molar-refractivity contribution is 14.0. The number of hydrogen-bond acceptors (Lipinski definition) is 4. The van der Waals surface area contributed by atoms with E-state index in [0.717, 1.165) is 62.9 Å². The van der Waals surface area contributed by atoms with Crippen molar-refractivity contribution in [3.8, 4) is 5.75 Å². The Morgan fingerprint density at radius 2 is 2.13 bits per heavy atom. The molecule has 0 radical (unpaired) electrons. The zero-order valence-electron chi connectivity index (χ0n) is 18.7. The topological polar surface area (TPSA) is 64.1 Å². The lowest BCUT2D eigenvalue weighted by Crippen LogP contribution is -2.40. The molecule has 1 unspecified atom stereocenters. The maximum absolute atomic E-state index is 6.11. The molecule has 1 aromatic carbocycles. The van der Waals surface area contributed by atoms with Gasteiger partial charge in [0.05, 0.1) is 6.10 Å². The molecular weight excluding hydrogens is 493 g/mol. The van der Waals surface area contributed by atoms with Crippen LogP contribution in [0.15, 0.2) is 23.2 Å². The van der Waals surface area contributed by atoms with Gasteiger partial charge in [0.1, 0.15) is 12.4 Å². The monoisotopic (exact) mass is 531 g/mol. The number of aliphatic imine (C=N–C) groups is 1. The van der Waals surface area contributed by atoms with Gasteiger partial charge in [-0.05, 0) is 63.0 Å². The van der Waals surface area contributed by atoms with Gasteiger partial charge in [0.25, 0.3) is 0 Å². The lowest BCUT2D eigenvalue weighted by atomic mass is 10.0. The molecule has 170 valence electrons. The van der Waals surface area contributed by atoms with Gasteiger partial charge in [-0.3, -0.25) is 4.99 Å². The van der Waals surface area contributed by atoms with Gasteiger partial charge in [-0.25, -0.2) is 0 Å². The Morgan fingerprint density at radius 1 is 1.30 bits per heavy atom. The summed E-state index contributed by atoms with van der Waals surface area (Å²) in [4.78, 5) is 4.39. The molecule has 0 amide bonds. The SMILES string of the molecule is CCOCCC1(CNC(=NC)NCc2ccc(C)cc2OCC2CCCO2)CC1.I. The van der Waals surface area contributed by atoms with E-state index in [0.29, 0.717) is 18.6 Å². The molecule has 1 aliphatic heterocycles. The van der Waals surface area contributed by atoms with Gasteiger partial charge < -0.3 is 24.8 Å². The lowest BCUT2D eigenvalue weighted by molar-refractivity contribution is 0.0676. The molecular formula is C23H38IN3O3. The Balaban J connectivity index is 0.00000320. The van der Waals surface area contributed by atoms with Crippen molar-refractivity contribution in [3.63, 3.8) is 0 Å². The second-order valence-electron chi connectivity index (χ2n) is 8.28. The van der Waals surface area contributed by atoms with E-state index in [-0.39, 0.29) is 30.1 Å². The minimum atomic E-state index is 0. The number of nitrogens with one attached hydrogen (secondary N) is 2. The number of aryl methyl sites for hydroxylation is 1. The molecule has 1 saturated carbocycles. The molecule has 0 spiro atoms. The van der Waals surface area contributed by atoms with E-state index in [4.69, 9.17) is 14.2 Å². The summed E-state index contributed by atoms with van der Waals surface area (Å²) in [6.45, 7) is 8.86. The number of benzene rings is 1. The molecule has 1 aromatic rings. The third-order valence-electron chi connectivity index (χ3n) is 5.91. The first-order valence-corrected chi connectivity index (χ1v) is 11.0. The molecule has 6 nitrogen and oxygen atoms in total. The molecule has 0 bridgehead atoms. The van der Waals surface area contributed by atoms with Crippen LogP contribution in [0.1, 0.15) is 50.2 Å². The van der Waals surface area contributed by atoms with E-state index in [1.165, 1.54) is 18.4 Å². The summed E-state index contributed by atoms with van der Waals surface area (Å²) in [6.07, 6.45) is 6.08. The summed E-state index contributed by atoms with van der Waals surface area (Å²) in [7, 11) is 1.82. The maximum atomic E-state index is 6.11. The van der Waals surface area contributed by atoms with Crippen LogP contribution < -0.4 is 15.4 Å². The van der Waals surface area contributed by atoms with Crippen LogP contribution >= 0.6 is 24.0 Å². The molecule has 1 saturated heterocycles. The Bertz CT molecular complexity index is 674. The van der Waals surface area contributed by atoms with Gasteiger partial charge in [-0.2, -0.15) is 0 Å². The first-order valence-electron chi connectivity index (χ1n) is 11.0. The van der Waals surface area contributed by atoms with Gasteiger partial charge in [-0.15, -0.1) is 24.0 Å². The van der Waals surface area contributed by atoms with Crippen LogP contribution in [0, 0.1) is 12.3 Å². The zero-order valence-corrected chi connectivity index (χ0v) is 21.0. The minimum absolute atomic E-state index is 0. The van der Waals surface area contributed by atoms with E-state index in [1.54, 1.807) is 0 Å². The summed E-state index contributed by atoms with van der Waals surface area (Å²) < 4.78 is 17.3. The van der Waals surface area contributed by atoms with Gasteiger partial charge in [0.15, 0.2) is 5.96 Å². The molecule has 3 rings (SSSR count). The molecule has 2 N–H and O–H groups in total. The number of ether oxygens (including phenoxy) is 3. The number of rotatable bonds is 11. The predicted molar refractivity (Wildman–Crippen MR) is 132 cm³/mol. The summed E-state index contributed by atoms with van der Waals surface area (Å²) in [5, 5.41) is 6.94. The summed E-state index contributed by atoms with van der Waals surface area (Å²) >= 11 is 0. The van der Waals surface area contributed by atoms with Crippen molar-refractivity contribution in [3.05, 3.63) is 29.3 Å². The van der Waals surface area contributed by atoms with Gasteiger partial charge >= 0.3 is 0 Å². The first-order chi connectivity index (χ1) is 14.1. The Labute approximate surface area is 198 Å². The fourth-order valence-electron chi connectivity index (χ4n) is 3.70. The van der Waals surface area contributed by atoms with Crippen molar-refractivity contribution in [2.45, 2.75) is 58.6 Å². The molecule has 2 fully saturated rings. The van der Waals surface area contributed by atoms with E-state index >= 15 is 0 Å². The van der Waals surface area contributed by atoms with Crippen molar-refractivity contribution in [1.29, 1.82) is 0 Å². The molecule has 1 heterocycles. The van der Waals surface area contributed by atoms with Crippen LogP contribution in [0.5, 0.6) is 5.75 Å². The Morgan fingerprint density at radius 3 is 2.80 bits per heavy atom. The van der Waals surface area contributed by atoms with Crippen molar-refractivity contribution in [1.82, 2.24) is 10.6 Å². The predicted octanol–water partition coefficient (Wildman–Crippen LogP) is 4.04. The Hall–Kier alpha value is -1.06. The highest BCUT2D eigenvalue weighted by Gasteiger charge is 2.41. The van der Waals surface area contributed by atoms with Gasteiger partial charge in [-0.1, -0.05) is 12.1 Å². The second kappa shape index (κ2) is 12.7. The standard InChI is InChI=1S/C23H37N3O3.HI/c1-4-27-13-11-23(9-10-23)17-26-22(24-3)25-15-19-8-7-18(2)14-21(19)29-16-20-6-5-12-28-20;/h7-8,14,20H,4-6,9-13,15-17H2,1-3H3,(H2,24,25,26);1H. The fraction of sp³-hybridized carbons (Fsp3) is 0.696. The van der Waals surface area contributed by atoms with Crippen LogP contribution in [-0.2, 0) is 16.0 Å². The average molecular weight is 531 g/mol. The van der Waals surface area contributed by atoms with Crippen molar-refractivity contribution >= 4 is 29.9 Å². The quantitative estimate of drug-likeness (QED) is 0.195. The second-order valence-corrected chi connectivity index (χ2v) is 8.28. The average Bonchev–Trinajstić information content (AvgIpc) is 3.29. The lowest BCUT2D eigenvalue weighted by Gasteiger charge is -2.19. The van der Waals surface area contributed by atoms with E-state index in [2.05, 4.69) is 40.7 Å². The number of hydrogen-bond donors (Lipinski definition) is 2. The fourth-order valence-corrected chi connectivity index (χ4v) is 3.70. The van der Waals surface area contributed by atoms with Crippen molar-refractivity contribution in [2.24, 2.45) is 10.4 Å². The van der Waals surface area contributed by atoms with E-state index < -0.39 is 0 Å². The number of nitrogens with zero attached hydrogens (tertiary/aromatic N) is 1. The van der Waals surface area contributed by atoms with Crippen molar-refractivity contribution < 1.29 is 14.2 Å². The number of halogens is 1. The van der Waals surface area contributed by atoms with Crippen LogP contribution in [0.3, 0.4) is 0 Å². The molecule has 2 aliphatic rings. The summed E-state index contributed by atoms with van der Waals surface area (Å²) in [5.74, 6) is 1.76.